The molecular weight excluding hydrogens is 419 g/mol. The highest BCUT2D eigenvalue weighted by Gasteiger charge is 2.27. The number of benzene rings is 1. The number of rotatable bonds is 4. The fourth-order valence-electron chi connectivity index (χ4n) is 2.86. The van der Waals surface area contributed by atoms with Crippen LogP contribution in [0.3, 0.4) is 0 Å². The molecule has 1 saturated heterocycles. The van der Waals surface area contributed by atoms with Crippen LogP contribution >= 0.6 is 24.2 Å². The van der Waals surface area contributed by atoms with Gasteiger partial charge in [-0.2, -0.15) is 4.99 Å². The van der Waals surface area contributed by atoms with Gasteiger partial charge in [0, 0.05) is 37.8 Å². The Morgan fingerprint density at radius 1 is 1.38 bits per heavy atom. The number of aliphatic imine (C=N–C) groups is 1. The summed E-state index contributed by atoms with van der Waals surface area (Å²) in [7, 11) is 0. The van der Waals surface area contributed by atoms with Crippen molar-refractivity contribution in [2.45, 2.75) is 26.7 Å². The molecule has 2 amide bonds. The van der Waals surface area contributed by atoms with Gasteiger partial charge in [-0.15, -0.1) is 12.4 Å². The summed E-state index contributed by atoms with van der Waals surface area (Å²) < 4.78 is 19.1. The zero-order chi connectivity index (χ0) is 20.1. The monoisotopic (exact) mass is 442 g/mol. The van der Waals surface area contributed by atoms with Gasteiger partial charge in [0.15, 0.2) is 5.17 Å². The van der Waals surface area contributed by atoms with E-state index >= 15 is 0 Å². The number of halogens is 2. The summed E-state index contributed by atoms with van der Waals surface area (Å²) >= 11 is 1.25. The molecule has 0 spiro atoms. The largest absolute Gasteiger partial charge is 0.415 e. The van der Waals surface area contributed by atoms with Crippen LogP contribution in [0.15, 0.2) is 28.1 Å². The fourth-order valence-corrected chi connectivity index (χ4v) is 3.77. The molecule has 1 aromatic rings. The van der Waals surface area contributed by atoms with Crippen molar-refractivity contribution in [1.29, 1.82) is 0 Å². The van der Waals surface area contributed by atoms with Crippen molar-refractivity contribution in [3.05, 3.63) is 34.5 Å². The number of amides is 2. The predicted octanol–water partition coefficient (Wildman–Crippen LogP) is 3.66. The lowest BCUT2D eigenvalue weighted by Gasteiger charge is -2.28. The van der Waals surface area contributed by atoms with Gasteiger partial charge in [-0.05, 0) is 56.7 Å². The van der Waals surface area contributed by atoms with Gasteiger partial charge >= 0.3 is 6.09 Å². The number of carbonyl (C=O) groups excluding carboxylic acids is 2. The predicted molar refractivity (Wildman–Crippen MR) is 115 cm³/mol. The van der Waals surface area contributed by atoms with Crippen LogP contribution in [0.25, 0.3) is 6.08 Å². The molecule has 2 aliphatic rings. The molecule has 0 atom stereocenters. The zero-order valence-corrected chi connectivity index (χ0v) is 17.9. The summed E-state index contributed by atoms with van der Waals surface area (Å²) in [4.78, 5) is 30.5. The number of hydrazine groups is 1. The Hall–Kier alpha value is -2.10. The maximum Gasteiger partial charge on any atom is 0.415 e. The van der Waals surface area contributed by atoms with Crippen LogP contribution in [0, 0.1) is 5.82 Å². The number of carbonyl (C=O) groups is 2. The highest BCUT2D eigenvalue weighted by atomic mass is 35.5. The zero-order valence-electron chi connectivity index (χ0n) is 16.3. The van der Waals surface area contributed by atoms with Crippen LogP contribution in [0.5, 0.6) is 5.75 Å². The number of amidine groups is 1. The third-order valence-electron chi connectivity index (χ3n) is 4.43. The first-order chi connectivity index (χ1) is 13.5. The molecule has 0 bridgehead atoms. The first kappa shape index (κ1) is 23.2. The maximum atomic E-state index is 13.7. The van der Waals surface area contributed by atoms with Gasteiger partial charge in [0.1, 0.15) is 11.6 Å². The Kier molecular flexibility index (Phi) is 8.48. The molecule has 0 aromatic heterocycles. The molecule has 158 valence electrons. The number of nitrogens with zero attached hydrogens (tertiary/aromatic N) is 3. The highest BCUT2D eigenvalue weighted by molar-refractivity contribution is 8.18. The topological polar surface area (TPSA) is 74.2 Å². The lowest BCUT2D eigenvalue weighted by atomic mass is 10.2. The smallest absolute Gasteiger partial charge is 0.409 e. The molecule has 7 nitrogen and oxygen atoms in total. The van der Waals surface area contributed by atoms with Crippen molar-refractivity contribution >= 4 is 47.4 Å². The standard InChI is InChI=1S/C19H23FN4O3S.ClH/c1-3-23(4-2)19(26)27-15-12-14(20)8-7-13(15)11-16-17(25)22-18(28-16)24-10-6-5-9-21-24;/h7-8,11-12,21H,3-6,9-10H2,1-2H3;1H/b16-11+;. The molecule has 2 aliphatic heterocycles. The molecule has 1 fully saturated rings. The van der Waals surface area contributed by atoms with Crippen LogP contribution in [-0.2, 0) is 4.79 Å². The molecule has 29 heavy (non-hydrogen) atoms. The molecule has 1 N–H and O–H groups in total. The molecule has 1 aromatic carbocycles. The Labute approximate surface area is 179 Å². The van der Waals surface area contributed by atoms with Crippen LogP contribution in [0.2, 0.25) is 0 Å². The Balaban J connectivity index is 0.00000300. The van der Waals surface area contributed by atoms with Crippen molar-refractivity contribution in [3.63, 3.8) is 0 Å². The minimum Gasteiger partial charge on any atom is -0.409 e. The fraction of sp³-hybridized carbons (Fsp3) is 0.421. The van der Waals surface area contributed by atoms with Gasteiger partial charge in [-0.1, -0.05) is 0 Å². The summed E-state index contributed by atoms with van der Waals surface area (Å²) in [5.41, 5.74) is 3.66. The molecule has 0 aliphatic carbocycles. The van der Waals surface area contributed by atoms with Gasteiger partial charge in [-0.3, -0.25) is 9.80 Å². The lowest BCUT2D eigenvalue weighted by molar-refractivity contribution is -0.113. The lowest BCUT2D eigenvalue weighted by Crippen LogP contribution is -2.45. The van der Waals surface area contributed by atoms with Crippen LogP contribution in [-0.4, -0.2) is 53.3 Å². The molecule has 0 saturated carbocycles. The number of hydrogen-bond donors (Lipinski definition) is 1. The number of hydrogen-bond acceptors (Lipinski definition) is 6. The van der Waals surface area contributed by atoms with E-state index in [1.54, 1.807) is 6.08 Å². The number of nitrogens with one attached hydrogen (secondary N) is 1. The van der Waals surface area contributed by atoms with Crippen LogP contribution in [0.1, 0.15) is 32.3 Å². The van der Waals surface area contributed by atoms with E-state index < -0.39 is 11.9 Å². The van der Waals surface area contributed by atoms with E-state index in [-0.39, 0.29) is 24.1 Å². The van der Waals surface area contributed by atoms with E-state index in [1.165, 1.54) is 28.8 Å². The second-order valence-corrected chi connectivity index (χ2v) is 7.31. The number of ether oxygens (including phenoxy) is 1. The van der Waals surface area contributed by atoms with E-state index in [9.17, 15) is 14.0 Å². The van der Waals surface area contributed by atoms with Crippen molar-refractivity contribution < 1.29 is 18.7 Å². The third-order valence-corrected chi connectivity index (χ3v) is 5.44. The average molecular weight is 443 g/mol. The quantitative estimate of drug-likeness (QED) is 0.717. The summed E-state index contributed by atoms with van der Waals surface area (Å²) in [6.45, 7) is 6.26. The Morgan fingerprint density at radius 3 is 2.79 bits per heavy atom. The van der Waals surface area contributed by atoms with Gasteiger partial charge < -0.3 is 9.64 Å². The highest BCUT2D eigenvalue weighted by Crippen LogP contribution is 2.33. The van der Waals surface area contributed by atoms with E-state index in [1.807, 2.05) is 18.9 Å². The summed E-state index contributed by atoms with van der Waals surface area (Å²) in [6, 6.07) is 3.89. The molecular formula is C19H24ClFN4O3S. The SMILES string of the molecule is CCN(CC)C(=O)Oc1cc(F)ccc1/C=C1/SC(N2CCCCN2)=NC1=O.Cl. The molecule has 10 heteroatoms. The van der Waals surface area contributed by atoms with Crippen molar-refractivity contribution in [1.82, 2.24) is 15.3 Å². The van der Waals surface area contributed by atoms with Gasteiger partial charge in [0.05, 0.1) is 4.91 Å². The molecule has 0 unspecified atom stereocenters. The first-order valence-electron chi connectivity index (χ1n) is 9.31. The minimum atomic E-state index is -0.560. The maximum absolute atomic E-state index is 13.7. The second kappa shape index (κ2) is 10.6. The van der Waals surface area contributed by atoms with Gasteiger partial charge in [0.25, 0.3) is 5.91 Å². The second-order valence-electron chi connectivity index (χ2n) is 6.30. The summed E-state index contributed by atoms with van der Waals surface area (Å²) in [6.07, 6.45) is 3.14. The van der Waals surface area contributed by atoms with Crippen LogP contribution < -0.4 is 10.2 Å². The summed E-state index contributed by atoms with van der Waals surface area (Å²) in [5.74, 6) is -0.815. The normalized spacial score (nSPS) is 17.8. The first-order valence-corrected chi connectivity index (χ1v) is 10.1. The molecule has 2 heterocycles. The van der Waals surface area contributed by atoms with Crippen molar-refractivity contribution in [3.8, 4) is 5.75 Å². The van der Waals surface area contributed by atoms with Crippen molar-refractivity contribution in [2.24, 2.45) is 4.99 Å². The molecule has 3 rings (SSSR count). The third kappa shape index (κ3) is 5.71. The minimum absolute atomic E-state index is 0. The van der Waals surface area contributed by atoms with E-state index in [0.717, 1.165) is 32.0 Å². The van der Waals surface area contributed by atoms with Crippen LogP contribution in [0.4, 0.5) is 9.18 Å². The summed E-state index contributed by atoms with van der Waals surface area (Å²) in [5, 5.41) is 2.47. The van der Waals surface area contributed by atoms with E-state index in [2.05, 4.69) is 10.4 Å². The van der Waals surface area contributed by atoms with E-state index in [4.69, 9.17) is 4.74 Å². The Morgan fingerprint density at radius 2 is 2.14 bits per heavy atom. The molecule has 0 radical (unpaired) electrons. The average Bonchev–Trinajstić information content (AvgIpc) is 3.06. The van der Waals surface area contributed by atoms with Gasteiger partial charge in [-0.25, -0.2) is 14.6 Å². The van der Waals surface area contributed by atoms with E-state index in [0.29, 0.717) is 28.7 Å². The number of thioether (sulfide) groups is 1. The Bertz CT molecular complexity index is 824. The van der Waals surface area contributed by atoms with Gasteiger partial charge in [0.2, 0.25) is 0 Å². The van der Waals surface area contributed by atoms with Crippen molar-refractivity contribution in [2.75, 3.05) is 26.2 Å².